The monoisotopic (exact) mass is 296 g/mol. The highest BCUT2D eigenvalue weighted by Crippen LogP contribution is 2.32. The maximum Gasteiger partial charge on any atom is 0.171 e. The lowest BCUT2D eigenvalue weighted by molar-refractivity contribution is 0.474. The standard InChI is InChI=1S/C11H13BrN4O/c1-6-10(7(2)16(3)15-6)17-9-4-8(12)5-14-11(9)13/h4-5H,1-3H3,(H2,13,14). The van der Waals surface area contributed by atoms with Crippen LogP contribution in [0.25, 0.3) is 0 Å². The van der Waals surface area contributed by atoms with E-state index in [2.05, 4.69) is 26.0 Å². The van der Waals surface area contributed by atoms with Gasteiger partial charge < -0.3 is 10.5 Å². The fraction of sp³-hybridized carbons (Fsp3) is 0.273. The van der Waals surface area contributed by atoms with Crippen LogP contribution < -0.4 is 10.5 Å². The molecule has 5 nitrogen and oxygen atoms in total. The summed E-state index contributed by atoms with van der Waals surface area (Å²) in [7, 11) is 1.87. The number of nitrogens with zero attached hydrogens (tertiary/aromatic N) is 3. The highest BCUT2D eigenvalue weighted by Gasteiger charge is 2.13. The van der Waals surface area contributed by atoms with Crippen molar-refractivity contribution in [1.82, 2.24) is 14.8 Å². The lowest BCUT2D eigenvalue weighted by Crippen LogP contribution is -1.97. The van der Waals surface area contributed by atoms with Crippen LogP contribution in [0.15, 0.2) is 16.7 Å². The van der Waals surface area contributed by atoms with Crippen molar-refractivity contribution in [2.24, 2.45) is 7.05 Å². The van der Waals surface area contributed by atoms with Crippen LogP contribution in [-0.4, -0.2) is 14.8 Å². The maximum absolute atomic E-state index is 5.77. The third-order valence-electron chi connectivity index (χ3n) is 2.50. The summed E-state index contributed by atoms with van der Waals surface area (Å²) in [5.74, 6) is 1.61. The Hall–Kier alpha value is -1.56. The quantitative estimate of drug-likeness (QED) is 0.925. The summed E-state index contributed by atoms with van der Waals surface area (Å²) in [6.45, 7) is 3.83. The van der Waals surface area contributed by atoms with Gasteiger partial charge in [-0.05, 0) is 29.8 Å². The van der Waals surface area contributed by atoms with Gasteiger partial charge in [0.15, 0.2) is 17.3 Å². The minimum absolute atomic E-state index is 0.357. The molecule has 0 amide bonds. The Labute approximate surface area is 108 Å². The molecule has 2 N–H and O–H groups in total. The number of pyridine rings is 1. The molecule has 0 unspecified atom stereocenters. The van der Waals surface area contributed by atoms with Gasteiger partial charge in [-0.3, -0.25) is 4.68 Å². The summed E-state index contributed by atoms with van der Waals surface area (Å²) in [6, 6.07) is 1.79. The molecule has 0 saturated carbocycles. The van der Waals surface area contributed by atoms with Gasteiger partial charge in [-0.25, -0.2) is 4.98 Å². The van der Waals surface area contributed by atoms with Gasteiger partial charge in [0.25, 0.3) is 0 Å². The zero-order valence-electron chi connectivity index (χ0n) is 9.86. The van der Waals surface area contributed by atoms with Crippen molar-refractivity contribution in [1.29, 1.82) is 0 Å². The van der Waals surface area contributed by atoms with Gasteiger partial charge in [0.05, 0.1) is 5.69 Å². The average molecular weight is 297 g/mol. The predicted molar refractivity (Wildman–Crippen MR) is 69.1 cm³/mol. The predicted octanol–water partition coefficient (Wildman–Crippen LogP) is 2.57. The molecule has 2 rings (SSSR count). The number of aromatic nitrogens is 3. The van der Waals surface area contributed by atoms with Crippen LogP contribution in [0.3, 0.4) is 0 Å². The minimum Gasteiger partial charge on any atom is -0.450 e. The second-order valence-electron chi connectivity index (χ2n) is 3.76. The van der Waals surface area contributed by atoms with Gasteiger partial charge >= 0.3 is 0 Å². The van der Waals surface area contributed by atoms with E-state index in [1.165, 1.54) is 0 Å². The van der Waals surface area contributed by atoms with Crippen molar-refractivity contribution in [3.63, 3.8) is 0 Å². The molecular formula is C11H13BrN4O. The number of anilines is 1. The third kappa shape index (κ3) is 2.26. The van der Waals surface area contributed by atoms with Crippen molar-refractivity contribution in [3.05, 3.63) is 28.1 Å². The lowest BCUT2D eigenvalue weighted by atomic mass is 10.3. The fourth-order valence-electron chi connectivity index (χ4n) is 1.52. The summed E-state index contributed by atoms with van der Waals surface area (Å²) < 4.78 is 8.36. The largest absolute Gasteiger partial charge is 0.450 e. The molecule has 0 atom stereocenters. The number of hydrogen-bond donors (Lipinski definition) is 1. The Morgan fingerprint density at radius 2 is 2.12 bits per heavy atom. The summed E-state index contributed by atoms with van der Waals surface area (Å²) in [5.41, 5.74) is 7.53. The van der Waals surface area contributed by atoms with Crippen LogP contribution in [0.4, 0.5) is 5.82 Å². The van der Waals surface area contributed by atoms with Crippen LogP contribution in [0.1, 0.15) is 11.4 Å². The lowest BCUT2D eigenvalue weighted by Gasteiger charge is -2.08. The van der Waals surface area contributed by atoms with E-state index in [1.807, 2.05) is 20.9 Å². The number of nitrogens with two attached hydrogens (primary N) is 1. The SMILES string of the molecule is Cc1nn(C)c(C)c1Oc1cc(Br)cnc1N. The van der Waals surface area contributed by atoms with Crippen LogP contribution in [0.2, 0.25) is 0 Å². The van der Waals surface area contributed by atoms with Crippen LogP contribution >= 0.6 is 15.9 Å². The molecule has 90 valence electrons. The van der Waals surface area contributed by atoms with Gasteiger partial charge in [0.1, 0.15) is 5.69 Å². The van der Waals surface area contributed by atoms with Gasteiger partial charge in [-0.15, -0.1) is 0 Å². The zero-order chi connectivity index (χ0) is 12.6. The van der Waals surface area contributed by atoms with E-state index in [0.717, 1.165) is 21.6 Å². The highest BCUT2D eigenvalue weighted by molar-refractivity contribution is 9.10. The first-order valence-corrected chi connectivity index (χ1v) is 5.87. The van der Waals surface area contributed by atoms with Gasteiger partial charge in [-0.2, -0.15) is 5.10 Å². The van der Waals surface area contributed by atoms with Gasteiger partial charge in [-0.1, -0.05) is 0 Å². The molecule has 0 aliphatic rings. The summed E-state index contributed by atoms with van der Waals surface area (Å²) in [6.07, 6.45) is 1.63. The fourth-order valence-corrected chi connectivity index (χ4v) is 1.84. The third-order valence-corrected chi connectivity index (χ3v) is 2.94. The molecule has 6 heteroatoms. The molecule has 0 aliphatic carbocycles. The van der Waals surface area contributed by atoms with E-state index in [4.69, 9.17) is 10.5 Å². The van der Waals surface area contributed by atoms with E-state index in [9.17, 15) is 0 Å². The molecular weight excluding hydrogens is 284 g/mol. The van der Waals surface area contributed by atoms with E-state index in [1.54, 1.807) is 16.9 Å². The van der Waals surface area contributed by atoms with Crippen molar-refractivity contribution < 1.29 is 4.74 Å². The molecule has 0 aliphatic heterocycles. The van der Waals surface area contributed by atoms with E-state index < -0.39 is 0 Å². The maximum atomic E-state index is 5.77. The van der Waals surface area contributed by atoms with Gasteiger partial charge in [0, 0.05) is 23.8 Å². The van der Waals surface area contributed by atoms with Crippen LogP contribution in [0.5, 0.6) is 11.5 Å². The molecule has 0 radical (unpaired) electrons. The molecule has 0 saturated heterocycles. The topological polar surface area (TPSA) is 66.0 Å². The second kappa shape index (κ2) is 4.37. The number of hydrogen-bond acceptors (Lipinski definition) is 4. The Bertz CT molecular complexity index is 565. The first-order chi connectivity index (χ1) is 7.99. The van der Waals surface area contributed by atoms with Crippen LogP contribution in [0, 0.1) is 13.8 Å². The highest BCUT2D eigenvalue weighted by atomic mass is 79.9. The number of aryl methyl sites for hydroxylation is 2. The smallest absolute Gasteiger partial charge is 0.171 e. The van der Waals surface area contributed by atoms with E-state index in [-0.39, 0.29) is 0 Å². The van der Waals surface area contributed by atoms with Crippen molar-refractivity contribution >= 4 is 21.7 Å². The van der Waals surface area contributed by atoms with Crippen molar-refractivity contribution in [2.75, 3.05) is 5.73 Å². The first-order valence-electron chi connectivity index (χ1n) is 5.08. The number of rotatable bonds is 2. The number of halogens is 1. The summed E-state index contributed by atoms with van der Waals surface area (Å²) in [4.78, 5) is 4.02. The van der Waals surface area contributed by atoms with E-state index in [0.29, 0.717) is 11.6 Å². The van der Waals surface area contributed by atoms with Gasteiger partial charge in [0.2, 0.25) is 0 Å². The summed E-state index contributed by atoms with van der Waals surface area (Å²) >= 11 is 3.33. The molecule has 2 aromatic heterocycles. The van der Waals surface area contributed by atoms with Crippen molar-refractivity contribution in [3.8, 4) is 11.5 Å². The minimum atomic E-state index is 0.357. The molecule has 2 heterocycles. The molecule has 2 aromatic rings. The first kappa shape index (κ1) is 11.9. The Balaban J connectivity index is 2.41. The number of nitrogen functional groups attached to an aromatic ring is 1. The Morgan fingerprint density at radius 3 is 2.71 bits per heavy atom. The average Bonchev–Trinajstić information content (AvgIpc) is 2.50. The Kier molecular flexibility index (Phi) is 3.06. The molecule has 0 bridgehead atoms. The molecule has 0 fully saturated rings. The summed E-state index contributed by atoms with van der Waals surface area (Å²) in [5, 5.41) is 4.28. The Morgan fingerprint density at radius 1 is 1.41 bits per heavy atom. The molecule has 17 heavy (non-hydrogen) atoms. The van der Waals surface area contributed by atoms with Crippen molar-refractivity contribution in [2.45, 2.75) is 13.8 Å². The zero-order valence-corrected chi connectivity index (χ0v) is 11.4. The second-order valence-corrected chi connectivity index (χ2v) is 4.68. The number of ether oxygens (including phenoxy) is 1. The van der Waals surface area contributed by atoms with E-state index >= 15 is 0 Å². The molecule has 0 spiro atoms. The molecule has 0 aromatic carbocycles. The van der Waals surface area contributed by atoms with Crippen LogP contribution in [-0.2, 0) is 7.05 Å². The normalized spacial score (nSPS) is 10.6.